The van der Waals surface area contributed by atoms with E-state index in [0.29, 0.717) is 12.0 Å². The Kier molecular flexibility index (Phi) is 4.54. The number of benzene rings is 1. The van der Waals surface area contributed by atoms with Crippen LogP contribution >= 0.6 is 0 Å². The third kappa shape index (κ3) is 3.53. The van der Waals surface area contributed by atoms with Gasteiger partial charge in [0.2, 0.25) is 0 Å². The van der Waals surface area contributed by atoms with Gasteiger partial charge >= 0.3 is 0 Å². The molecule has 3 atom stereocenters. The predicted molar refractivity (Wildman–Crippen MR) is 69.8 cm³/mol. The van der Waals surface area contributed by atoms with Gasteiger partial charge in [-0.15, -0.1) is 0 Å². The van der Waals surface area contributed by atoms with Gasteiger partial charge in [-0.05, 0) is 24.8 Å². The zero-order valence-electron chi connectivity index (χ0n) is 10.4. The van der Waals surface area contributed by atoms with E-state index in [1.54, 1.807) is 0 Å². The highest BCUT2D eigenvalue weighted by Gasteiger charge is 2.22. The number of nitrogens with two attached hydrogens (primary N) is 1. The van der Waals surface area contributed by atoms with Crippen molar-refractivity contribution in [2.45, 2.75) is 25.4 Å². The Hall–Kier alpha value is -0.900. The minimum atomic E-state index is 0.0703. The van der Waals surface area contributed by atoms with Gasteiger partial charge in [-0.25, -0.2) is 0 Å². The molecule has 17 heavy (non-hydrogen) atoms. The molecule has 2 rings (SSSR count). The van der Waals surface area contributed by atoms with Crippen LogP contribution in [0.25, 0.3) is 0 Å². The van der Waals surface area contributed by atoms with Gasteiger partial charge in [0.1, 0.15) is 0 Å². The average molecular weight is 234 g/mol. The quantitative estimate of drug-likeness (QED) is 0.815. The maximum Gasteiger partial charge on any atom is 0.0509 e. The number of rotatable bonds is 5. The fourth-order valence-electron chi connectivity index (χ4n) is 2.24. The first-order chi connectivity index (χ1) is 8.27. The van der Waals surface area contributed by atoms with Gasteiger partial charge in [0.15, 0.2) is 0 Å². The summed E-state index contributed by atoms with van der Waals surface area (Å²) in [6.45, 7) is 4.83. The highest BCUT2D eigenvalue weighted by Crippen LogP contribution is 2.17. The molecular weight excluding hydrogens is 212 g/mol. The van der Waals surface area contributed by atoms with E-state index in [9.17, 15) is 0 Å². The molecule has 0 amide bonds. The normalized spacial score (nSPS) is 23.5. The lowest BCUT2D eigenvalue weighted by Crippen LogP contribution is -2.38. The lowest BCUT2D eigenvalue weighted by molar-refractivity contribution is 0.178. The van der Waals surface area contributed by atoms with Crippen molar-refractivity contribution in [2.75, 3.05) is 19.8 Å². The fraction of sp³-hybridized carbons (Fsp3) is 0.571. The molecule has 1 aromatic carbocycles. The first-order valence-electron chi connectivity index (χ1n) is 6.39. The van der Waals surface area contributed by atoms with Gasteiger partial charge in [0.05, 0.1) is 6.61 Å². The molecule has 0 aliphatic carbocycles. The average Bonchev–Trinajstić information content (AvgIpc) is 2.90. The molecular formula is C14H22N2O. The first-order valence-corrected chi connectivity index (χ1v) is 6.39. The van der Waals surface area contributed by atoms with E-state index in [4.69, 9.17) is 10.5 Å². The van der Waals surface area contributed by atoms with Crippen molar-refractivity contribution in [1.82, 2.24) is 5.32 Å². The van der Waals surface area contributed by atoms with Crippen LogP contribution in [0.1, 0.15) is 24.9 Å². The molecule has 94 valence electrons. The summed E-state index contributed by atoms with van der Waals surface area (Å²) in [6, 6.07) is 10.8. The van der Waals surface area contributed by atoms with Crippen molar-refractivity contribution in [1.29, 1.82) is 0 Å². The molecule has 1 fully saturated rings. The number of ether oxygens (including phenoxy) is 1. The molecule has 0 radical (unpaired) electrons. The minimum Gasteiger partial charge on any atom is -0.381 e. The molecule has 3 heteroatoms. The highest BCUT2D eigenvalue weighted by molar-refractivity contribution is 5.18. The zero-order chi connectivity index (χ0) is 12.1. The largest absolute Gasteiger partial charge is 0.381 e. The molecule has 0 aromatic heterocycles. The van der Waals surface area contributed by atoms with Gasteiger partial charge in [-0.1, -0.05) is 30.3 Å². The van der Waals surface area contributed by atoms with Crippen LogP contribution in [0, 0.1) is 5.92 Å². The van der Waals surface area contributed by atoms with Gasteiger partial charge in [0.25, 0.3) is 0 Å². The maximum absolute atomic E-state index is 6.15. The van der Waals surface area contributed by atoms with E-state index in [2.05, 4.69) is 24.4 Å². The summed E-state index contributed by atoms with van der Waals surface area (Å²) < 4.78 is 5.40. The molecule has 1 saturated heterocycles. The highest BCUT2D eigenvalue weighted by atomic mass is 16.5. The molecule has 1 aromatic rings. The second-order valence-electron chi connectivity index (χ2n) is 4.84. The van der Waals surface area contributed by atoms with Crippen LogP contribution < -0.4 is 11.1 Å². The zero-order valence-corrected chi connectivity index (χ0v) is 10.4. The van der Waals surface area contributed by atoms with E-state index in [0.717, 1.165) is 26.2 Å². The van der Waals surface area contributed by atoms with Gasteiger partial charge in [-0.2, -0.15) is 0 Å². The van der Waals surface area contributed by atoms with Crippen molar-refractivity contribution in [3.8, 4) is 0 Å². The van der Waals surface area contributed by atoms with Crippen LogP contribution in [-0.4, -0.2) is 25.8 Å². The topological polar surface area (TPSA) is 47.3 Å². The van der Waals surface area contributed by atoms with Crippen molar-refractivity contribution in [3.63, 3.8) is 0 Å². The van der Waals surface area contributed by atoms with E-state index < -0.39 is 0 Å². The van der Waals surface area contributed by atoms with Crippen LogP contribution in [-0.2, 0) is 4.74 Å². The summed E-state index contributed by atoms with van der Waals surface area (Å²) in [5, 5.41) is 3.52. The predicted octanol–water partition coefficient (Wildman–Crippen LogP) is 1.70. The fourth-order valence-corrected chi connectivity index (χ4v) is 2.24. The number of nitrogens with one attached hydrogen (secondary N) is 1. The Morgan fingerprint density at radius 2 is 2.18 bits per heavy atom. The van der Waals surface area contributed by atoms with E-state index in [1.165, 1.54) is 5.56 Å². The lowest BCUT2D eigenvalue weighted by atomic mass is 10.00. The third-order valence-electron chi connectivity index (χ3n) is 3.56. The van der Waals surface area contributed by atoms with Crippen molar-refractivity contribution in [3.05, 3.63) is 35.9 Å². The Balaban J connectivity index is 1.77. The molecule has 3 N–H and O–H groups in total. The molecule has 3 unspecified atom stereocenters. The molecule has 1 aliphatic rings. The van der Waals surface area contributed by atoms with Gasteiger partial charge in [-0.3, -0.25) is 0 Å². The monoisotopic (exact) mass is 234 g/mol. The SMILES string of the molecule is CC(NCC(N)c1ccccc1)C1CCOC1. The van der Waals surface area contributed by atoms with E-state index >= 15 is 0 Å². The number of hydrogen-bond donors (Lipinski definition) is 2. The van der Waals surface area contributed by atoms with Gasteiger partial charge < -0.3 is 15.8 Å². The van der Waals surface area contributed by atoms with Crippen molar-refractivity contribution in [2.24, 2.45) is 11.7 Å². The summed E-state index contributed by atoms with van der Waals surface area (Å²) in [4.78, 5) is 0. The molecule has 0 saturated carbocycles. The molecule has 1 heterocycles. The Bertz CT molecular complexity index is 322. The van der Waals surface area contributed by atoms with Crippen LogP contribution in [0.4, 0.5) is 0 Å². The van der Waals surface area contributed by atoms with Crippen LogP contribution in [0.5, 0.6) is 0 Å². The summed E-state index contributed by atoms with van der Waals surface area (Å²) in [5.41, 5.74) is 7.34. The Morgan fingerprint density at radius 1 is 1.41 bits per heavy atom. The Morgan fingerprint density at radius 3 is 2.82 bits per heavy atom. The molecule has 3 nitrogen and oxygen atoms in total. The summed E-state index contributed by atoms with van der Waals surface area (Å²) >= 11 is 0. The van der Waals surface area contributed by atoms with Crippen LogP contribution in [0.3, 0.4) is 0 Å². The number of hydrogen-bond acceptors (Lipinski definition) is 3. The summed E-state index contributed by atoms with van der Waals surface area (Å²) in [6.07, 6.45) is 1.16. The van der Waals surface area contributed by atoms with Crippen LogP contribution in [0.2, 0.25) is 0 Å². The minimum absolute atomic E-state index is 0.0703. The first kappa shape index (κ1) is 12.6. The second kappa shape index (κ2) is 6.15. The van der Waals surface area contributed by atoms with Crippen molar-refractivity contribution >= 4 is 0 Å². The lowest BCUT2D eigenvalue weighted by Gasteiger charge is -2.22. The third-order valence-corrected chi connectivity index (χ3v) is 3.56. The van der Waals surface area contributed by atoms with E-state index in [-0.39, 0.29) is 6.04 Å². The van der Waals surface area contributed by atoms with Gasteiger partial charge in [0, 0.05) is 25.2 Å². The maximum atomic E-state index is 6.15. The second-order valence-corrected chi connectivity index (χ2v) is 4.84. The Labute approximate surface area is 103 Å². The molecule has 1 aliphatic heterocycles. The molecule has 0 bridgehead atoms. The molecule has 0 spiro atoms. The summed E-state index contributed by atoms with van der Waals surface area (Å²) in [5.74, 6) is 0.637. The van der Waals surface area contributed by atoms with E-state index in [1.807, 2.05) is 18.2 Å². The van der Waals surface area contributed by atoms with Crippen molar-refractivity contribution < 1.29 is 4.74 Å². The smallest absolute Gasteiger partial charge is 0.0509 e. The van der Waals surface area contributed by atoms with Crippen LogP contribution in [0.15, 0.2) is 30.3 Å². The standard InChI is InChI=1S/C14H22N2O/c1-11(13-7-8-17-10-13)16-9-14(15)12-5-3-2-4-6-12/h2-6,11,13-14,16H,7-10,15H2,1H3. The summed E-state index contributed by atoms with van der Waals surface area (Å²) in [7, 11) is 0.